The van der Waals surface area contributed by atoms with Crippen LogP contribution in [0.15, 0.2) is 28.7 Å². The van der Waals surface area contributed by atoms with E-state index in [0.29, 0.717) is 11.7 Å². The predicted molar refractivity (Wildman–Crippen MR) is 91.8 cm³/mol. The molecule has 1 aliphatic rings. The Kier molecular flexibility index (Phi) is 4.77. The van der Waals surface area contributed by atoms with Gasteiger partial charge in [0.1, 0.15) is 0 Å². The Balaban J connectivity index is 1.80. The van der Waals surface area contributed by atoms with E-state index in [1.165, 1.54) is 0 Å². The number of carbonyl (C=O) groups excluding carboxylic acids is 1. The number of likely N-dealkylation sites (tertiary alicyclic amines) is 1. The third-order valence-electron chi connectivity index (χ3n) is 4.34. The van der Waals surface area contributed by atoms with E-state index >= 15 is 0 Å². The van der Waals surface area contributed by atoms with Gasteiger partial charge in [-0.1, -0.05) is 27.2 Å². The second-order valence-electron chi connectivity index (χ2n) is 5.77. The first-order valence-electron chi connectivity index (χ1n) is 7.75. The number of hydrogen-bond acceptors (Lipinski definition) is 4. The highest BCUT2D eigenvalue weighted by Gasteiger charge is 2.26. The molecule has 0 aliphatic carbocycles. The van der Waals surface area contributed by atoms with E-state index in [1.807, 2.05) is 43.1 Å². The Hall–Kier alpha value is -1.73. The Morgan fingerprint density at radius 1 is 1.35 bits per heavy atom. The predicted octanol–water partition coefficient (Wildman–Crippen LogP) is 2.16. The maximum Gasteiger partial charge on any atom is 0.276 e. The molecule has 0 spiro atoms. The number of amides is 1. The van der Waals surface area contributed by atoms with Crippen molar-refractivity contribution in [3.8, 4) is 5.69 Å². The normalized spacial score (nSPS) is 15.9. The van der Waals surface area contributed by atoms with Crippen molar-refractivity contribution in [2.75, 3.05) is 20.1 Å². The van der Waals surface area contributed by atoms with Crippen LogP contribution in [0.1, 0.15) is 29.0 Å². The summed E-state index contributed by atoms with van der Waals surface area (Å²) in [6.45, 7) is 3.40. The summed E-state index contributed by atoms with van der Waals surface area (Å²) in [6.07, 6.45) is 1.95. The molecule has 1 amide bonds. The molecule has 1 saturated heterocycles. The largest absolute Gasteiger partial charge is 0.337 e. The van der Waals surface area contributed by atoms with Crippen molar-refractivity contribution in [2.24, 2.45) is 0 Å². The molecule has 1 fully saturated rings. The number of benzene rings is 1. The molecule has 23 heavy (non-hydrogen) atoms. The van der Waals surface area contributed by atoms with Crippen LogP contribution in [0.3, 0.4) is 0 Å². The van der Waals surface area contributed by atoms with Crippen molar-refractivity contribution in [2.45, 2.75) is 25.8 Å². The number of carbonyl (C=O) groups is 1. The molecule has 0 atom stereocenters. The van der Waals surface area contributed by atoms with E-state index < -0.39 is 0 Å². The molecule has 122 valence electrons. The fraction of sp³-hybridized carbons (Fsp3) is 0.438. The fourth-order valence-electron chi connectivity index (χ4n) is 2.90. The number of halogens is 1. The van der Waals surface area contributed by atoms with Gasteiger partial charge in [0, 0.05) is 23.6 Å². The van der Waals surface area contributed by atoms with Crippen LogP contribution in [-0.2, 0) is 0 Å². The molecule has 1 aromatic carbocycles. The Morgan fingerprint density at radius 3 is 2.74 bits per heavy atom. The Morgan fingerprint density at radius 2 is 2.09 bits per heavy atom. The zero-order chi connectivity index (χ0) is 16.4. The van der Waals surface area contributed by atoms with Crippen LogP contribution in [0.5, 0.6) is 0 Å². The summed E-state index contributed by atoms with van der Waals surface area (Å²) in [6, 6.07) is 8.28. The standard InChI is InChI=1S/C16H20BrN5O/c1-11-15(16(23)21-8-6-13(18-2)7-9-21)19-20-22(11)14-5-3-4-12(17)10-14/h3-5,10,13,18H,6-9H2,1-2H3. The number of rotatable bonds is 3. The molecule has 0 bridgehead atoms. The van der Waals surface area contributed by atoms with Gasteiger partial charge in [0.2, 0.25) is 0 Å². The Bertz CT molecular complexity index is 706. The van der Waals surface area contributed by atoms with E-state index in [9.17, 15) is 4.79 Å². The van der Waals surface area contributed by atoms with Crippen molar-refractivity contribution in [3.05, 3.63) is 40.1 Å². The molecule has 7 heteroatoms. The second kappa shape index (κ2) is 6.80. The maximum atomic E-state index is 12.7. The van der Waals surface area contributed by atoms with Gasteiger partial charge < -0.3 is 10.2 Å². The smallest absolute Gasteiger partial charge is 0.276 e. The van der Waals surface area contributed by atoms with Crippen LogP contribution in [0.2, 0.25) is 0 Å². The first kappa shape index (κ1) is 16.1. The third-order valence-corrected chi connectivity index (χ3v) is 4.83. The number of piperidine rings is 1. The summed E-state index contributed by atoms with van der Waals surface area (Å²) in [5.41, 5.74) is 2.09. The van der Waals surface area contributed by atoms with Crippen LogP contribution in [0.4, 0.5) is 0 Å². The maximum absolute atomic E-state index is 12.7. The van der Waals surface area contributed by atoms with E-state index in [0.717, 1.165) is 41.8 Å². The molecule has 6 nitrogen and oxygen atoms in total. The average Bonchev–Trinajstić information content (AvgIpc) is 2.96. The van der Waals surface area contributed by atoms with Gasteiger partial charge in [0.15, 0.2) is 5.69 Å². The van der Waals surface area contributed by atoms with Crippen molar-refractivity contribution in [3.63, 3.8) is 0 Å². The van der Waals surface area contributed by atoms with Crippen LogP contribution in [0.25, 0.3) is 5.69 Å². The van der Waals surface area contributed by atoms with E-state index in [4.69, 9.17) is 0 Å². The zero-order valence-corrected chi connectivity index (χ0v) is 14.9. The number of nitrogens with one attached hydrogen (secondary N) is 1. The molecule has 0 radical (unpaired) electrons. The monoisotopic (exact) mass is 377 g/mol. The molecule has 2 aromatic rings. The molecular weight excluding hydrogens is 358 g/mol. The van der Waals surface area contributed by atoms with E-state index in [1.54, 1.807) is 4.68 Å². The number of aromatic nitrogens is 3. The Labute approximate surface area is 144 Å². The summed E-state index contributed by atoms with van der Waals surface area (Å²) in [4.78, 5) is 14.6. The van der Waals surface area contributed by atoms with Gasteiger partial charge >= 0.3 is 0 Å². The lowest BCUT2D eigenvalue weighted by molar-refractivity contribution is 0.0700. The first-order valence-corrected chi connectivity index (χ1v) is 8.54. The minimum atomic E-state index is -0.0294. The minimum Gasteiger partial charge on any atom is -0.337 e. The van der Waals surface area contributed by atoms with Crippen molar-refractivity contribution < 1.29 is 4.79 Å². The molecular formula is C16H20BrN5O. The van der Waals surface area contributed by atoms with Gasteiger partial charge in [0.05, 0.1) is 11.4 Å². The lowest BCUT2D eigenvalue weighted by Crippen LogP contribution is -2.44. The SMILES string of the molecule is CNC1CCN(C(=O)c2nnn(-c3cccc(Br)c3)c2C)CC1. The molecule has 1 N–H and O–H groups in total. The molecule has 0 unspecified atom stereocenters. The van der Waals surface area contributed by atoms with Gasteiger partial charge in [-0.05, 0) is 45.0 Å². The zero-order valence-electron chi connectivity index (χ0n) is 13.3. The van der Waals surface area contributed by atoms with E-state index in [-0.39, 0.29) is 5.91 Å². The quantitative estimate of drug-likeness (QED) is 0.889. The summed E-state index contributed by atoms with van der Waals surface area (Å²) in [5.74, 6) is -0.0294. The lowest BCUT2D eigenvalue weighted by Gasteiger charge is -2.31. The summed E-state index contributed by atoms with van der Waals surface area (Å²) in [7, 11) is 1.97. The summed E-state index contributed by atoms with van der Waals surface area (Å²) >= 11 is 3.45. The third kappa shape index (κ3) is 3.30. The number of hydrogen-bond donors (Lipinski definition) is 1. The van der Waals surface area contributed by atoms with Gasteiger partial charge in [0.25, 0.3) is 5.91 Å². The summed E-state index contributed by atoms with van der Waals surface area (Å²) in [5, 5.41) is 11.6. The molecule has 1 aromatic heterocycles. The van der Waals surface area contributed by atoms with E-state index in [2.05, 4.69) is 31.6 Å². The second-order valence-corrected chi connectivity index (χ2v) is 6.69. The lowest BCUT2D eigenvalue weighted by atomic mass is 10.0. The van der Waals surface area contributed by atoms with Crippen molar-refractivity contribution in [1.82, 2.24) is 25.2 Å². The molecule has 0 saturated carbocycles. The highest BCUT2D eigenvalue weighted by Crippen LogP contribution is 2.19. The molecule has 1 aliphatic heterocycles. The number of nitrogens with zero attached hydrogens (tertiary/aromatic N) is 4. The van der Waals surface area contributed by atoms with Crippen LogP contribution in [-0.4, -0.2) is 52.0 Å². The average molecular weight is 378 g/mol. The molecule has 2 heterocycles. The van der Waals surface area contributed by atoms with Crippen LogP contribution < -0.4 is 5.32 Å². The first-order chi connectivity index (χ1) is 11.1. The molecule has 3 rings (SSSR count). The highest BCUT2D eigenvalue weighted by atomic mass is 79.9. The van der Waals surface area contributed by atoms with Gasteiger partial charge in [-0.25, -0.2) is 4.68 Å². The van der Waals surface area contributed by atoms with Gasteiger partial charge in [-0.3, -0.25) is 4.79 Å². The van der Waals surface area contributed by atoms with Crippen molar-refractivity contribution in [1.29, 1.82) is 0 Å². The van der Waals surface area contributed by atoms with Crippen LogP contribution >= 0.6 is 15.9 Å². The minimum absolute atomic E-state index is 0.0294. The summed E-state index contributed by atoms with van der Waals surface area (Å²) < 4.78 is 2.67. The fourth-order valence-corrected chi connectivity index (χ4v) is 3.29. The van der Waals surface area contributed by atoms with Crippen LogP contribution in [0, 0.1) is 6.92 Å². The van der Waals surface area contributed by atoms with Gasteiger partial charge in [-0.15, -0.1) is 5.10 Å². The van der Waals surface area contributed by atoms with Crippen molar-refractivity contribution >= 4 is 21.8 Å². The highest BCUT2D eigenvalue weighted by molar-refractivity contribution is 9.10. The van der Waals surface area contributed by atoms with Gasteiger partial charge in [-0.2, -0.15) is 0 Å². The topological polar surface area (TPSA) is 63.1 Å².